The van der Waals surface area contributed by atoms with E-state index in [4.69, 9.17) is 9.84 Å². The van der Waals surface area contributed by atoms with Crippen molar-refractivity contribution in [2.75, 3.05) is 6.61 Å². The maximum absolute atomic E-state index is 11.6. The Hall–Kier alpha value is -0.730. The molecule has 0 aromatic carbocycles. The van der Waals surface area contributed by atoms with E-state index in [0.717, 1.165) is 0 Å². The second-order valence-corrected chi connectivity index (χ2v) is 4.92. The van der Waals surface area contributed by atoms with Gasteiger partial charge in [0.15, 0.2) is 6.29 Å². The first-order valence-corrected chi connectivity index (χ1v) is 5.96. The van der Waals surface area contributed by atoms with Gasteiger partial charge in [-0.25, -0.2) is 0 Å². The van der Waals surface area contributed by atoms with Gasteiger partial charge < -0.3 is 30.5 Å². The van der Waals surface area contributed by atoms with Crippen LogP contribution in [0.15, 0.2) is 0 Å². The fourth-order valence-electron chi connectivity index (χ4n) is 1.87. The minimum atomic E-state index is -1.46. The molecule has 1 aliphatic heterocycles. The first kappa shape index (κ1) is 15.3. The highest BCUT2D eigenvalue weighted by Crippen LogP contribution is 2.19. The Bertz CT molecular complexity index is 285. The third kappa shape index (κ3) is 3.63. The van der Waals surface area contributed by atoms with Gasteiger partial charge in [0, 0.05) is 6.42 Å². The monoisotopic (exact) mass is 263 g/mol. The van der Waals surface area contributed by atoms with Crippen LogP contribution in [-0.2, 0) is 9.53 Å². The molecule has 0 saturated carbocycles. The Balaban J connectivity index is 2.62. The van der Waals surface area contributed by atoms with Crippen LogP contribution < -0.4 is 5.32 Å². The topological polar surface area (TPSA) is 119 Å². The third-order valence-electron chi connectivity index (χ3n) is 2.82. The van der Waals surface area contributed by atoms with Crippen molar-refractivity contribution in [3.05, 3.63) is 0 Å². The van der Waals surface area contributed by atoms with Crippen LogP contribution in [0.5, 0.6) is 0 Å². The van der Waals surface area contributed by atoms with Gasteiger partial charge in [-0.3, -0.25) is 4.79 Å². The van der Waals surface area contributed by atoms with Crippen LogP contribution in [0.1, 0.15) is 20.3 Å². The van der Waals surface area contributed by atoms with E-state index in [1.807, 2.05) is 13.8 Å². The summed E-state index contributed by atoms with van der Waals surface area (Å²) in [7, 11) is 0. The first-order valence-electron chi connectivity index (χ1n) is 5.96. The number of hydrogen-bond donors (Lipinski definition) is 5. The zero-order valence-corrected chi connectivity index (χ0v) is 10.5. The number of aliphatic hydroxyl groups excluding tert-OH is 4. The predicted molar refractivity (Wildman–Crippen MR) is 61.4 cm³/mol. The number of amides is 1. The number of carbonyl (C=O) groups excluding carboxylic acids is 1. The summed E-state index contributed by atoms with van der Waals surface area (Å²) in [5, 5.41) is 40.3. The lowest BCUT2D eigenvalue weighted by atomic mass is 9.96. The zero-order chi connectivity index (χ0) is 13.9. The normalized spacial score (nSPS) is 36.7. The molecule has 7 nitrogen and oxygen atoms in total. The number of rotatable bonds is 4. The summed E-state index contributed by atoms with van der Waals surface area (Å²) in [5.74, 6) is -0.203. The lowest BCUT2D eigenvalue weighted by molar-refractivity contribution is -0.253. The van der Waals surface area contributed by atoms with Gasteiger partial charge in [0.1, 0.15) is 24.4 Å². The maximum Gasteiger partial charge on any atom is 0.220 e. The van der Waals surface area contributed by atoms with E-state index in [0.29, 0.717) is 0 Å². The van der Waals surface area contributed by atoms with Gasteiger partial charge >= 0.3 is 0 Å². The molecule has 5 atom stereocenters. The molecule has 1 heterocycles. The summed E-state index contributed by atoms with van der Waals surface area (Å²) in [5.41, 5.74) is 0. The average molecular weight is 263 g/mol. The van der Waals surface area contributed by atoms with Gasteiger partial charge in [0.05, 0.1) is 6.61 Å². The van der Waals surface area contributed by atoms with Crippen LogP contribution in [0.4, 0.5) is 0 Å². The number of carbonyl (C=O) groups is 1. The summed E-state index contributed by atoms with van der Waals surface area (Å²) in [6.07, 6.45) is -5.02. The van der Waals surface area contributed by atoms with Gasteiger partial charge in [0.25, 0.3) is 0 Å². The van der Waals surface area contributed by atoms with Crippen LogP contribution >= 0.6 is 0 Å². The Kier molecular flexibility index (Phi) is 5.48. The van der Waals surface area contributed by atoms with Gasteiger partial charge in [0.2, 0.25) is 5.91 Å². The van der Waals surface area contributed by atoms with E-state index >= 15 is 0 Å². The van der Waals surface area contributed by atoms with E-state index in [9.17, 15) is 20.1 Å². The minimum Gasteiger partial charge on any atom is -0.394 e. The van der Waals surface area contributed by atoms with E-state index < -0.39 is 37.3 Å². The highest BCUT2D eigenvalue weighted by Gasteiger charge is 2.44. The van der Waals surface area contributed by atoms with E-state index in [1.54, 1.807) is 0 Å². The fraction of sp³-hybridized carbons (Fsp3) is 0.909. The average Bonchev–Trinajstić information content (AvgIpc) is 2.28. The van der Waals surface area contributed by atoms with E-state index in [2.05, 4.69) is 5.32 Å². The van der Waals surface area contributed by atoms with Crippen molar-refractivity contribution in [2.45, 2.75) is 50.9 Å². The van der Waals surface area contributed by atoms with Crippen molar-refractivity contribution in [2.24, 2.45) is 5.92 Å². The summed E-state index contributed by atoms with van der Waals surface area (Å²) < 4.78 is 4.92. The van der Waals surface area contributed by atoms with Gasteiger partial charge in [-0.1, -0.05) is 13.8 Å². The molecule has 1 rings (SSSR count). The predicted octanol–water partition coefficient (Wildman–Crippen LogP) is -2.05. The largest absolute Gasteiger partial charge is 0.394 e. The standard InChI is InChI=1S/C11H21NO6/c1-5(2)3-7(14)12-8-10(16)9(15)6(4-13)18-11(8)17/h5-6,8-11,13,15-17H,3-4H2,1-2H3,(H,12,14)/t6?,8?,9-,10-,11+/m1/s1. The third-order valence-corrected chi connectivity index (χ3v) is 2.82. The summed E-state index contributed by atoms with van der Waals surface area (Å²) in [4.78, 5) is 11.6. The van der Waals surface area contributed by atoms with Crippen molar-refractivity contribution in [1.82, 2.24) is 5.32 Å². The Labute approximate surface area is 105 Å². The van der Waals surface area contributed by atoms with Crippen molar-refractivity contribution < 1.29 is 30.0 Å². The summed E-state index contributed by atoms with van der Waals surface area (Å²) in [6, 6.07) is -1.10. The lowest BCUT2D eigenvalue weighted by Crippen LogP contribution is -2.64. The molecule has 1 aliphatic rings. The molecule has 1 fully saturated rings. The second kappa shape index (κ2) is 6.44. The molecule has 0 aromatic heterocycles. The quantitative estimate of drug-likeness (QED) is 0.398. The molecule has 0 bridgehead atoms. The molecule has 0 aliphatic carbocycles. The maximum atomic E-state index is 11.6. The van der Waals surface area contributed by atoms with E-state index in [-0.39, 0.29) is 18.2 Å². The molecule has 106 valence electrons. The molecule has 0 spiro atoms. The van der Waals surface area contributed by atoms with Crippen LogP contribution in [0.2, 0.25) is 0 Å². The number of nitrogens with one attached hydrogen (secondary N) is 1. The smallest absolute Gasteiger partial charge is 0.220 e. The van der Waals surface area contributed by atoms with Crippen molar-refractivity contribution in [3.8, 4) is 0 Å². The Morgan fingerprint density at radius 1 is 1.28 bits per heavy atom. The minimum absolute atomic E-state index is 0.138. The zero-order valence-electron chi connectivity index (χ0n) is 10.5. The van der Waals surface area contributed by atoms with E-state index in [1.165, 1.54) is 0 Å². The molecule has 1 saturated heterocycles. The molecule has 1 amide bonds. The molecule has 18 heavy (non-hydrogen) atoms. The van der Waals surface area contributed by atoms with Crippen LogP contribution in [0.3, 0.4) is 0 Å². The summed E-state index contributed by atoms with van der Waals surface area (Å²) >= 11 is 0. The number of hydrogen-bond acceptors (Lipinski definition) is 6. The van der Waals surface area contributed by atoms with Crippen LogP contribution in [0.25, 0.3) is 0 Å². The van der Waals surface area contributed by atoms with Gasteiger partial charge in [-0.15, -0.1) is 0 Å². The van der Waals surface area contributed by atoms with Crippen molar-refractivity contribution in [1.29, 1.82) is 0 Å². The molecular formula is C11H21NO6. The highest BCUT2D eigenvalue weighted by atomic mass is 16.6. The van der Waals surface area contributed by atoms with Gasteiger partial charge in [-0.2, -0.15) is 0 Å². The Morgan fingerprint density at radius 2 is 1.89 bits per heavy atom. The van der Waals surface area contributed by atoms with Gasteiger partial charge in [-0.05, 0) is 5.92 Å². The van der Waals surface area contributed by atoms with Crippen molar-refractivity contribution >= 4 is 5.91 Å². The van der Waals surface area contributed by atoms with Crippen LogP contribution in [0, 0.1) is 5.92 Å². The number of ether oxygens (including phenoxy) is 1. The highest BCUT2D eigenvalue weighted by molar-refractivity contribution is 5.76. The number of aliphatic hydroxyl groups is 4. The molecule has 5 N–H and O–H groups in total. The second-order valence-electron chi connectivity index (χ2n) is 4.92. The summed E-state index contributed by atoms with van der Waals surface area (Å²) in [6.45, 7) is 3.20. The van der Waals surface area contributed by atoms with Crippen molar-refractivity contribution in [3.63, 3.8) is 0 Å². The molecule has 2 unspecified atom stereocenters. The fourth-order valence-corrected chi connectivity index (χ4v) is 1.87. The molecule has 7 heteroatoms. The first-order chi connectivity index (χ1) is 8.36. The molecular weight excluding hydrogens is 242 g/mol. The molecule has 0 aromatic rings. The van der Waals surface area contributed by atoms with Crippen LogP contribution in [-0.4, -0.2) is 63.6 Å². The Morgan fingerprint density at radius 3 is 2.39 bits per heavy atom. The molecule has 0 radical (unpaired) electrons. The lowest BCUT2D eigenvalue weighted by Gasteiger charge is -2.40. The SMILES string of the molecule is CC(C)CC(=O)NC1[C@@H](O)[C@H](O)C(CO)O[C@@H]1O.